The topological polar surface area (TPSA) is 73.1 Å². The summed E-state index contributed by atoms with van der Waals surface area (Å²) in [6.07, 6.45) is 0.954. The molecule has 2 heterocycles. The molecule has 0 aliphatic rings. The number of nitrogens with zero attached hydrogens (tertiary/aromatic N) is 2. The third-order valence-corrected chi connectivity index (χ3v) is 4.81. The molecule has 0 fully saturated rings. The molecule has 0 radical (unpaired) electrons. The summed E-state index contributed by atoms with van der Waals surface area (Å²) in [5.74, 6) is 7.05. The number of nitrogen functional groups attached to an aromatic ring is 1. The number of benzene rings is 1. The van der Waals surface area contributed by atoms with E-state index in [1.807, 2.05) is 24.3 Å². The van der Waals surface area contributed by atoms with E-state index in [1.54, 1.807) is 11.3 Å². The molecular formula is C14H13IN4OS. The Morgan fingerprint density at radius 2 is 2.05 bits per heavy atom. The van der Waals surface area contributed by atoms with Crippen LogP contribution < -0.4 is 16.0 Å². The fourth-order valence-electron chi connectivity index (χ4n) is 1.88. The van der Waals surface area contributed by atoms with Crippen molar-refractivity contribution in [2.24, 2.45) is 5.84 Å². The van der Waals surface area contributed by atoms with E-state index in [0.29, 0.717) is 11.8 Å². The van der Waals surface area contributed by atoms with E-state index < -0.39 is 0 Å². The molecule has 0 spiro atoms. The minimum absolute atomic E-state index is 0.354. The van der Waals surface area contributed by atoms with Crippen LogP contribution in [0.3, 0.4) is 0 Å². The van der Waals surface area contributed by atoms with Crippen molar-refractivity contribution >= 4 is 50.1 Å². The van der Waals surface area contributed by atoms with Gasteiger partial charge >= 0.3 is 0 Å². The van der Waals surface area contributed by atoms with Crippen LogP contribution in [0.4, 0.5) is 5.95 Å². The Bertz CT molecular complexity index is 772. The van der Waals surface area contributed by atoms with Crippen LogP contribution in [0, 0.1) is 3.57 Å². The van der Waals surface area contributed by atoms with Gasteiger partial charge in [0.05, 0.1) is 5.39 Å². The average molecular weight is 412 g/mol. The normalized spacial score (nSPS) is 10.8. The summed E-state index contributed by atoms with van der Waals surface area (Å²) in [6.45, 7) is 2.11. The summed E-state index contributed by atoms with van der Waals surface area (Å²) < 4.78 is 7.06. The number of hydrogen-bond donors (Lipinski definition) is 2. The van der Waals surface area contributed by atoms with E-state index in [0.717, 1.165) is 26.0 Å². The number of halogens is 1. The van der Waals surface area contributed by atoms with Gasteiger partial charge in [0.15, 0.2) is 0 Å². The van der Waals surface area contributed by atoms with E-state index in [-0.39, 0.29) is 0 Å². The first-order chi connectivity index (χ1) is 10.2. The van der Waals surface area contributed by atoms with Gasteiger partial charge in [-0.2, -0.15) is 4.98 Å². The minimum Gasteiger partial charge on any atom is -0.438 e. The zero-order valence-electron chi connectivity index (χ0n) is 11.3. The van der Waals surface area contributed by atoms with Gasteiger partial charge in [-0.05, 0) is 59.3 Å². The molecule has 0 saturated heterocycles. The largest absolute Gasteiger partial charge is 0.438 e. The molecule has 3 rings (SSSR count). The lowest BCUT2D eigenvalue weighted by molar-refractivity contribution is 0.469. The van der Waals surface area contributed by atoms with Crippen LogP contribution >= 0.6 is 33.9 Å². The van der Waals surface area contributed by atoms with Crippen LogP contribution in [0.25, 0.3) is 10.2 Å². The molecular weight excluding hydrogens is 399 g/mol. The number of rotatable bonds is 4. The molecule has 0 aliphatic heterocycles. The maximum absolute atomic E-state index is 5.90. The molecule has 7 heteroatoms. The number of aryl methyl sites for hydroxylation is 1. The number of ether oxygens (including phenoxy) is 1. The van der Waals surface area contributed by atoms with Crippen molar-refractivity contribution < 1.29 is 4.74 Å². The molecule has 1 aromatic carbocycles. The van der Waals surface area contributed by atoms with Crippen LogP contribution in [-0.4, -0.2) is 9.97 Å². The Kier molecular flexibility index (Phi) is 4.22. The molecule has 0 atom stereocenters. The number of fused-ring (bicyclic) bond motifs is 1. The van der Waals surface area contributed by atoms with Crippen LogP contribution in [0.15, 0.2) is 30.3 Å². The Labute approximate surface area is 139 Å². The van der Waals surface area contributed by atoms with Crippen molar-refractivity contribution in [1.82, 2.24) is 9.97 Å². The van der Waals surface area contributed by atoms with Crippen molar-refractivity contribution in [2.45, 2.75) is 13.3 Å². The van der Waals surface area contributed by atoms with Crippen LogP contribution in [0.5, 0.6) is 11.6 Å². The van der Waals surface area contributed by atoms with E-state index >= 15 is 0 Å². The molecule has 2 aromatic heterocycles. The molecule has 3 aromatic rings. The Hall–Kier alpha value is -1.45. The highest BCUT2D eigenvalue weighted by molar-refractivity contribution is 14.1. The number of thiophene rings is 1. The molecule has 0 bridgehead atoms. The zero-order chi connectivity index (χ0) is 14.8. The first-order valence-corrected chi connectivity index (χ1v) is 8.29. The lowest BCUT2D eigenvalue weighted by Gasteiger charge is -2.07. The second-order valence-electron chi connectivity index (χ2n) is 4.34. The van der Waals surface area contributed by atoms with Crippen LogP contribution in [0.2, 0.25) is 0 Å². The van der Waals surface area contributed by atoms with Crippen molar-refractivity contribution in [2.75, 3.05) is 5.43 Å². The van der Waals surface area contributed by atoms with Crippen molar-refractivity contribution in [3.63, 3.8) is 0 Å². The van der Waals surface area contributed by atoms with Gasteiger partial charge in [0.25, 0.3) is 0 Å². The lowest BCUT2D eigenvalue weighted by Crippen LogP contribution is -2.10. The van der Waals surface area contributed by atoms with Crippen molar-refractivity contribution in [3.05, 3.63) is 38.8 Å². The number of hydrogen-bond acceptors (Lipinski definition) is 6. The summed E-state index contributed by atoms with van der Waals surface area (Å²) in [5.41, 5.74) is 2.48. The van der Waals surface area contributed by atoms with E-state index in [4.69, 9.17) is 10.6 Å². The third kappa shape index (κ3) is 3.09. The average Bonchev–Trinajstić information content (AvgIpc) is 2.92. The predicted molar refractivity (Wildman–Crippen MR) is 93.8 cm³/mol. The summed E-state index contributed by atoms with van der Waals surface area (Å²) in [7, 11) is 0. The van der Waals surface area contributed by atoms with Crippen molar-refractivity contribution in [1.29, 1.82) is 0 Å². The van der Waals surface area contributed by atoms with Gasteiger partial charge in [-0.25, -0.2) is 10.8 Å². The zero-order valence-corrected chi connectivity index (χ0v) is 14.2. The second-order valence-corrected chi connectivity index (χ2v) is 6.70. The Morgan fingerprint density at radius 3 is 2.71 bits per heavy atom. The molecule has 0 unspecified atom stereocenters. The second kappa shape index (κ2) is 6.12. The third-order valence-electron chi connectivity index (χ3n) is 2.91. The summed E-state index contributed by atoms with van der Waals surface area (Å²) in [5, 5.41) is 0.911. The molecule has 3 N–H and O–H groups in total. The maximum atomic E-state index is 5.90. The molecule has 0 saturated carbocycles. The maximum Gasteiger partial charge on any atom is 0.241 e. The minimum atomic E-state index is 0.354. The SMILES string of the molecule is CCc1cc2c(Oc3ccc(I)cc3)nc(NN)nc2s1. The Morgan fingerprint density at radius 1 is 1.29 bits per heavy atom. The number of nitrogens with one attached hydrogen (secondary N) is 1. The van der Waals surface area contributed by atoms with Gasteiger partial charge in [-0.3, -0.25) is 5.43 Å². The standard InChI is InChI=1S/C14H13IN4OS/c1-2-10-7-11-12(17-14(19-16)18-13(11)21-10)20-9-5-3-8(15)4-6-9/h3-7H,2,16H2,1H3,(H,17,18,19). The number of aromatic nitrogens is 2. The Balaban J connectivity index is 2.06. The van der Waals surface area contributed by atoms with Gasteiger partial charge < -0.3 is 4.74 Å². The number of nitrogens with two attached hydrogens (primary N) is 1. The van der Waals surface area contributed by atoms with Crippen LogP contribution in [-0.2, 0) is 6.42 Å². The predicted octanol–water partition coefficient (Wildman–Crippen LogP) is 3.94. The molecule has 21 heavy (non-hydrogen) atoms. The van der Waals surface area contributed by atoms with E-state index in [2.05, 4.69) is 51.0 Å². The molecule has 0 amide bonds. The molecule has 108 valence electrons. The van der Waals surface area contributed by atoms with Gasteiger partial charge in [-0.1, -0.05) is 6.92 Å². The first-order valence-electron chi connectivity index (χ1n) is 6.40. The highest BCUT2D eigenvalue weighted by atomic mass is 127. The van der Waals surface area contributed by atoms with Crippen molar-refractivity contribution in [3.8, 4) is 11.6 Å². The smallest absolute Gasteiger partial charge is 0.241 e. The van der Waals surface area contributed by atoms with Gasteiger partial charge in [-0.15, -0.1) is 11.3 Å². The summed E-state index contributed by atoms with van der Waals surface area (Å²) in [6, 6.07) is 9.88. The van der Waals surface area contributed by atoms with Crippen LogP contribution in [0.1, 0.15) is 11.8 Å². The number of anilines is 1. The fraction of sp³-hybridized carbons (Fsp3) is 0.143. The summed E-state index contributed by atoms with van der Waals surface area (Å²) in [4.78, 5) is 10.8. The van der Waals surface area contributed by atoms with E-state index in [1.165, 1.54) is 4.88 Å². The van der Waals surface area contributed by atoms with E-state index in [9.17, 15) is 0 Å². The quantitative estimate of drug-likeness (QED) is 0.386. The highest BCUT2D eigenvalue weighted by Crippen LogP contribution is 2.34. The fourth-order valence-corrected chi connectivity index (χ4v) is 3.19. The molecule has 0 aliphatic carbocycles. The molecule has 5 nitrogen and oxygen atoms in total. The summed E-state index contributed by atoms with van der Waals surface area (Å²) >= 11 is 3.88. The first kappa shape index (κ1) is 14.5. The monoisotopic (exact) mass is 412 g/mol. The van der Waals surface area contributed by atoms with Gasteiger partial charge in [0.2, 0.25) is 11.8 Å². The highest BCUT2D eigenvalue weighted by Gasteiger charge is 2.13. The van der Waals surface area contributed by atoms with Gasteiger partial charge in [0.1, 0.15) is 10.6 Å². The van der Waals surface area contributed by atoms with Gasteiger partial charge in [0, 0.05) is 8.45 Å². The number of hydrazine groups is 1. The lowest BCUT2D eigenvalue weighted by atomic mass is 10.3.